The Morgan fingerprint density at radius 1 is 1.08 bits per heavy atom. The molecule has 1 aliphatic rings. The van der Waals surface area contributed by atoms with Gasteiger partial charge in [-0.05, 0) is 48.1 Å². The number of aryl methyl sites for hydroxylation is 1. The molecule has 0 radical (unpaired) electrons. The van der Waals surface area contributed by atoms with Crippen LogP contribution in [0, 0.1) is 6.92 Å². The molecule has 2 aromatic heterocycles. The minimum Gasteiger partial charge on any atom is -0.206 e. The number of rotatable bonds is 3. The Bertz CT molecular complexity index is 958. The normalized spacial score (nSPS) is 18.5. The van der Waals surface area contributed by atoms with Gasteiger partial charge in [0.05, 0.1) is 6.04 Å². The van der Waals surface area contributed by atoms with E-state index in [4.69, 9.17) is 0 Å². The van der Waals surface area contributed by atoms with Gasteiger partial charge in [-0.15, -0.1) is 22.7 Å². The van der Waals surface area contributed by atoms with Crippen LogP contribution in [0.1, 0.15) is 26.9 Å². The third-order valence-corrected chi connectivity index (χ3v) is 8.59. The molecule has 1 aromatic carbocycles. The summed E-state index contributed by atoms with van der Waals surface area (Å²) in [5.74, 6) is 0. The molecule has 3 nitrogen and oxygen atoms in total. The van der Waals surface area contributed by atoms with Crippen LogP contribution >= 0.6 is 22.7 Å². The molecule has 0 N–H and O–H groups in total. The number of fused-ring (bicyclic) bond motifs is 1. The van der Waals surface area contributed by atoms with Crippen LogP contribution in [0.2, 0.25) is 0 Å². The summed E-state index contributed by atoms with van der Waals surface area (Å²) < 4.78 is 28.6. The summed E-state index contributed by atoms with van der Waals surface area (Å²) in [5, 5.41) is 2.01. The predicted octanol–water partition coefficient (Wildman–Crippen LogP) is 4.45. The maximum Gasteiger partial charge on any atom is 0.253 e. The van der Waals surface area contributed by atoms with Gasteiger partial charge in [-0.3, -0.25) is 0 Å². The number of thiophene rings is 2. The summed E-state index contributed by atoms with van der Waals surface area (Å²) in [6.07, 6.45) is 0.752. The van der Waals surface area contributed by atoms with Crippen molar-refractivity contribution in [1.82, 2.24) is 4.31 Å². The van der Waals surface area contributed by atoms with Crippen LogP contribution in [0.15, 0.2) is 58.1 Å². The first-order valence-corrected chi connectivity index (χ1v) is 10.9. The topological polar surface area (TPSA) is 37.4 Å². The highest BCUT2D eigenvalue weighted by molar-refractivity contribution is 7.91. The highest BCUT2D eigenvalue weighted by Crippen LogP contribution is 2.41. The zero-order valence-corrected chi connectivity index (χ0v) is 15.6. The minimum absolute atomic E-state index is 0.234. The monoisotopic (exact) mass is 375 g/mol. The van der Waals surface area contributed by atoms with E-state index in [1.807, 2.05) is 42.6 Å². The Balaban J connectivity index is 1.86. The van der Waals surface area contributed by atoms with Crippen LogP contribution in [0.3, 0.4) is 0 Å². The van der Waals surface area contributed by atoms with Gasteiger partial charge in [0.25, 0.3) is 10.0 Å². The Morgan fingerprint density at radius 3 is 2.62 bits per heavy atom. The number of hydrogen-bond acceptors (Lipinski definition) is 4. The van der Waals surface area contributed by atoms with Gasteiger partial charge in [-0.25, -0.2) is 8.42 Å². The number of sulfonamides is 1. The van der Waals surface area contributed by atoms with Gasteiger partial charge in [0.15, 0.2) is 0 Å². The molecule has 0 saturated heterocycles. The fraction of sp³-hybridized carbons (Fsp3) is 0.222. The molecule has 1 unspecified atom stereocenters. The second kappa shape index (κ2) is 6.11. The lowest BCUT2D eigenvalue weighted by Crippen LogP contribution is -2.39. The average Bonchev–Trinajstić information content (AvgIpc) is 3.25. The highest BCUT2D eigenvalue weighted by Gasteiger charge is 2.38. The Labute approximate surface area is 150 Å². The standard InChI is InChI=1S/C18H17NO2S3/c1-13-8-9-17(23-13)24(20,21)19-11-10-14-5-2-3-6-15(14)18(19)16-7-4-12-22-16/h2-9,12,18H,10-11H2,1H3. The molecule has 1 atom stereocenters. The van der Waals surface area contributed by atoms with E-state index < -0.39 is 10.0 Å². The summed E-state index contributed by atoms with van der Waals surface area (Å²) in [6, 6.07) is 15.5. The van der Waals surface area contributed by atoms with Gasteiger partial charge in [-0.1, -0.05) is 30.3 Å². The zero-order chi connectivity index (χ0) is 16.7. The van der Waals surface area contributed by atoms with E-state index >= 15 is 0 Å². The quantitative estimate of drug-likeness (QED) is 0.678. The molecule has 3 aromatic rings. The maximum absolute atomic E-state index is 13.3. The van der Waals surface area contributed by atoms with Crippen molar-refractivity contribution in [3.05, 3.63) is 74.8 Å². The molecule has 0 bridgehead atoms. The fourth-order valence-corrected chi connectivity index (χ4v) is 7.13. The highest BCUT2D eigenvalue weighted by atomic mass is 32.2. The molecule has 3 heterocycles. The molecular formula is C18H17NO2S3. The van der Waals surface area contributed by atoms with Crippen molar-refractivity contribution in [3.8, 4) is 0 Å². The van der Waals surface area contributed by atoms with E-state index in [1.165, 1.54) is 16.9 Å². The lowest BCUT2D eigenvalue weighted by Gasteiger charge is -2.35. The molecular weight excluding hydrogens is 358 g/mol. The van der Waals surface area contributed by atoms with E-state index in [0.717, 1.165) is 21.7 Å². The first kappa shape index (κ1) is 16.0. The Morgan fingerprint density at radius 2 is 1.92 bits per heavy atom. The third kappa shape index (κ3) is 2.63. The first-order chi connectivity index (χ1) is 11.6. The Hall–Kier alpha value is -1.47. The van der Waals surface area contributed by atoms with Gasteiger partial charge in [0.1, 0.15) is 4.21 Å². The third-order valence-electron chi connectivity index (χ3n) is 4.33. The molecule has 0 aliphatic carbocycles. The fourth-order valence-electron chi connectivity index (χ4n) is 3.21. The molecule has 0 saturated carbocycles. The average molecular weight is 376 g/mol. The molecule has 6 heteroatoms. The molecule has 0 spiro atoms. The molecule has 1 aliphatic heterocycles. The molecule has 0 amide bonds. The van der Waals surface area contributed by atoms with Crippen molar-refractivity contribution >= 4 is 32.7 Å². The number of hydrogen-bond donors (Lipinski definition) is 0. The summed E-state index contributed by atoms with van der Waals surface area (Å²) in [5.41, 5.74) is 2.34. The predicted molar refractivity (Wildman–Crippen MR) is 99.3 cm³/mol. The lowest BCUT2D eigenvalue weighted by molar-refractivity contribution is 0.348. The molecule has 24 heavy (non-hydrogen) atoms. The lowest BCUT2D eigenvalue weighted by atomic mass is 9.93. The smallest absolute Gasteiger partial charge is 0.206 e. The van der Waals surface area contributed by atoms with Crippen LogP contribution < -0.4 is 0 Å². The van der Waals surface area contributed by atoms with Crippen LogP contribution in [-0.2, 0) is 16.4 Å². The van der Waals surface area contributed by atoms with Crippen molar-refractivity contribution in [1.29, 1.82) is 0 Å². The largest absolute Gasteiger partial charge is 0.253 e. The minimum atomic E-state index is -3.50. The maximum atomic E-state index is 13.3. The van der Waals surface area contributed by atoms with Crippen LogP contribution in [0.4, 0.5) is 0 Å². The summed E-state index contributed by atoms with van der Waals surface area (Å²) >= 11 is 2.95. The van der Waals surface area contributed by atoms with E-state index in [1.54, 1.807) is 21.7 Å². The Kier molecular flexibility index (Phi) is 4.08. The van der Waals surface area contributed by atoms with Crippen LogP contribution in [0.5, 0.6) is 0 Å². The molecule has 4 rings (SSSR count). The van der Waals surface area contributed by atoms with Gasteiger partial charge in [0.2, 0.25) is 0 Å². The van der Waals surface area contributed by atoms with E-state index in [-0.39, 0.29) is 6.04 Å². The summed E-state index contributed by atoms with van der Waals surface area (Å²) in [7, 11) is -3.50. The van der Waals surface area contributed by atoms with Crippen LogP contribution in [0.25, 0.3) is 0 Å². The van der Waals surface area contributed by atoms with Crippen molar-refractivity contribution in [2.45, 2.75) is 23.6 Å². The zero-order valence-electron chi connectivity index (χ0n) is 13.2. The van der Waals surface area contributed by atoms with Crippen molar-refractivity contribution in [3.63, 3.8) is 0 Å². The van der Waals surface area contributed by atoms with Gasteiger partial charge >= 0.3 is 0 Å². The van der Waals surface area contributed by atoms with E-state index in [2.05, 4.69) is 12.1 Å². The molecule has 0 fully saturated rings. The number of nitrogens with zero attached hydrogens (tertiary/aromatic N) is 1. The van der Waals surface area contributed by atoms with Gasteiger partial charge < -0.3 is 0 Å². The van der Waals surface area contributed by atoms with Gasteiger partial charge in [0, 0.05) is 16.3 Å². The second-order valence-electron chi connectivity index (χ2n) is 5.85. The van der Waals surface area contributed by atoms with Crippen LogP contribution in [-0.4, -0.2) is 19.3 Å². The van der Waals surface area contributed by atoms with Crippen molar-refractivity contribution in [2.24, 2.45) is 0 Å². The molecule has 124 valence electrons. The SMILES string of the molecule is Cc1ccc(S(=O)(=O)N2CCc3ccccc3C2c2cccs2)s1. The summed E-state index contributed by atoms with van der Waals surface area (Å²) in [6.45, 7) is 2.45. The first-order valence-electron chi connectivity index (χ1n) is 7.77. The van der Waals surface area contributed by atoms with E-state index in [9.17, 15) is 8.42 Å². The second-order valence-corrected chi connectivity index (χ2v) is 10.2. The van der Waals surface area contributed by atoms with Crippen molar-refractivity contribution in [2.75, 3.05) is 6.54 Å². The van der Waals surface area contributed by atoms with Gasteiger partial charge in [-0.2, -0.15) is 4.31 Å². The number of benzene rings is 1. The summed E-state index contributed by atoms with van der Waals surface area (Å²) in [4.78, 5) is 2.08. The van der Waals surface area contributed by atoms with Crippen molar-refractivity contribution < 1.29 is 8.42 Å². The van der Waals surface area contributed by atoms with E-state index in [0.29, 0.717) is 10.8 Å².